The van der Waals surface area contributed by atoms with E-state index in [0.29, 0.717) is 11.1 Å². The Labute approximate surface area is 157 Å². The first-order chi connectivity index (χ1) is 13.1. The molecule has 0 saturated carbocycles. The molecule has 0 spiro atoms. The molecule has 2 aromatic carbocycles. The zero-order chi connectivity index (χ0) is 19.1. The van der Waals surface area contributed by atoms with Crippen molar-refractivity contribution in [3.05, 3.63) is 84.1 Å². The molecule has 6 heteroatoms. The number of hydrogen-bond acceptors (Lipinski definition) is 6. The number of ether oxygens (including phenoxy) is 3. The van der Waals surface area contributed by atoms with Gasteiger partial charge < -0.3 is 19.3 Å². The van der Waals surface area contributed by atoms with Crippen molar-refractivity contribution in [2.75, 3.05) is 13.2 Å². The van der Waals surface area contributed by atoms with Gasteiger partial charge in [-0.25, -0.2) is 9.59 Å². The van der Waals surface area contributed by atoms with Crippen LogP contribution >= 0.6 is 0 Å². The van der Waals surface area contributed by atoms with Crippen LogP contribution in [0.15, 0.2) is 73.0 Å². The van der Waals surface area contributed by atoms with E-state index in [-0.39, 0.29) is 13.2 Å². The third-order valence-corrected chi connectivity index (χ3v) is 4.23. The molecule has 1 aliphatic rings. The number of esters is 2. The Balaban J connectivity index is 1.54. The molecular weight excluding hydrogens is 348 g/mol. The van der Waals surface area contributed by atoms with E-state index in [0.717, 1.165) is 0 Å². The Bertz CT molecular complexity index is 787. The van der Waals surface area contributed by atoms with Gasteiger partial charge in [0.15, 0.2) is 0 Å². The molecule has 2 aromatic rings. The first-order valence-electron chi connectivity index (χ1n) is 8.59. The summed E-state index contributed by atoms with van der Waals surface area (Å²) in [5.41, 5.74) is 0.874. The smallest absolute Gasteiger partial charge is 0.342 e. The summed E-state index contributed by atoms with van der Waals surface area (Å²) >= 11 is 0. The van der Waals surface area contributed by atoms with Crippen molar-refractivity contribution < 1.29 is 28.9 Å². The average Bonchev–Trinajstić information content (AvgIpc) is 3.07. The first kappa shape index (κ1) is 18.8. The number of hydrogen-bond donors (Lipinski definition) is 1. The topological polar surface area (TPSA) is 82.1 Å². The first-order valence-corrected chi connectivity index (χ1v) is 8.59. The second kappa shape index (κ2) is 9.12. The Morgan fingerprint density at radius 1 is 1.00 bits per heavy atom. The molecule has 0 aromatic heterocycles. The van der Waals surface area contributed by atoms with Crippen molar-refractivity contribution in [3.63, 3.8) is 0 Å². The van der Waals surface area contributed by atoms with E-state index in [2.05, 4.69) is 0 Å². The van der Waals surface area contributed by atoms with Crippen molar-refractivity contribution >= 4 is 11.9 Å². The minimum Gasteiger partial charge on any atom is -0.459 e. The summed E-state index contributed by atoms with van der Waals surface area (Å²) in [5, 5.41) is 10.1. The van der Waals surface area contributed by atoms with Gasteiger partial charge in [-0.3, -0.25) is 0 Å². The maximum Gasteiger partial charge on any atom is 0.342 e. The molecule has 3 rings (SSSR count). The summed E-state index contributed by atoms with van der Waals surface area (Å²) in [5.74, 6) is -1.40. The molecule has 0 aliphatic carbocycles. The highest BCUT2D eigenvalue weighted by atomic mass is 16.6. The second-order valence-corrected chi connectivity index (χ2v) is 6.08. The van der Waals surface area contributed by atoms with Crippen molar-refractivity contribution in [3.8, 4) is 0 Å². The molecule has 1 fully saturated rings. The van der Waals surface area contributed by atoms with E-state index in [1.807, 2.05) is 6.07 Å². The van der Waals surface area contributed by atoms with E-state index < -0.39 is 30.1 Å². The molecule has 140 valence electrons. The summed E-state index contributed by atoms with van der Waals surface area (Å²) in [6.45, 7) is 0.113. The molecule has 0 bridgehead atoms. The van der Waals surface area contributed by atoms with Gasteiger partial charge in [-0.05, 0) is 30.3 Å². The Kier molecular flexibility index (Phi) is 6.35. The van der Waals surface area contributed by atoms with Gasteiger partial charge in [0.1, 0.15) is 12.7 Å². The SMILES string of the molecule is O=C(O/C=C/C1[C@@H](O)CO[C@@H]1COC(=O)c1ccccc1)c1ccccc1. The maximum atomic E-state index is 12.0. The van der Waals surface area contributed by atoms with Crippen LogP contribution in [-0.4, -0.2) is 42.5 Å². The Morgan fingerprint density at radius 3 is 2.22 bits per heavy atom. The highest BCUT2D eigenvalue weighted by Gasteiger charge is 2.35. The molecule has 1 saturated heterocycles. The number of rotatable bonds is 6. The van der Waals surface area contributed by atoms with Crippen LogP contribution in [0.5, 0.6) is 0 Å². The van der Waals surface area contributed by atoms with E-state index >= 15 is 0 Å². The monoisotopic (exact) mass is 368 g/mol. The minimum atomic E-state index is -0.767. The summed E-state index contributed by atoms with van der Waals surface area (Å²) in [4.78, 5) is 23.9. The fourth-order valence-corrected chi connectivity index (χ4v) is 2.75. The molecule has 1 N–H and O–H groups in total. The summed E-state index contributed by atoms with van der Waals surface area (Å²) in [6, 6.07) is 17.2. The predicted octanol–water partition coefficient (Wildman–Crippen LogP) is 2.59. The van der Waals surface area contributed by atoms with E-state index in [1.54, 1.807) is 60.7 Å². The van der Waals surface area contributed by atoms with Gasteiger partial charge >= 0.3 is 11.9 Å². The summed E-state index contributed by atoms with van der Waals surface area (Å²) < 4.78 is 15.8. The maximum absolute atomic E-state index is 12.0. The van der Waals surface area contributed by atoms with Crippen molar-refractivity contribution in [1.82, 2.24) is 0 Å². The van der Waals surface area contributed by atoms with Gasteiger partial charge in [-0.15, -0.1) is 0 Å². The van der Waals surface area contributed by atoms with Crippen LogP contribution in [0, 0.1) is 5.92 Å². The van der Waals surface area contributed by atoms with E-state index in [4.69, 9.17) is 14.2 Å². The molecule has 6 nitrogen and oxygen atoms in total. The van der Waals surface area contributed by atoms with Gasteiger partial charge in [-0.1, -0.05) is 36.4 Å². The second-order valence-electron chi connectivity index (χ2n) is 6.08. The Hall–Kier alpha value is -2.96. The van der Waals surface area contributed by atoms with Gasteiger partial charge in [0.2, 0.25) is 0 Å². The predicted molar refractivity (Wildman–Crippen MR) is 97.0 cm³/mol. The molecule has 1 unspecified atom stereocenters. The lowest BCUT2D eigenvalue weighted by atomic mass is 10.00. The van der Waals surface area contributed by atoms with Crippen LogP contribution in [0.4, 0.5) is 0 Å². The fraction of sp³-hybridized carbons (Fsp3) is 0.238. The molecular formula is C21H20O6. The molecule has 0 amide bonds. The number of aliphatic hydroxyl groups is 1. The Morgan fingerprint density at radius 2 is 1.59 bits per heavy atom. The zero-order valence-electron chi connectivity index (χ0n) is 14.6. The van der Waals surface area contributed by atoms with Gasteiger partial charge in [0.05, 0.1) is 30.1 Å². The van der Waals surface area contributed by atoms with E-state index in [9.17, 15) is 14.7 Å². The summed E-state index contributed by atoms with van der Waals surface area (Å²) in [7, 11) is 0. The summed E-state index contributed by atoms with van der Waals surface area (Å²) in [6.07, 6.45) is 1.51. The van der Waals surface area contributed by atoms with Crippen LogP contribution < -0.4 is 0 Å². The van der Waals surface area contributed by atoms with Crippen LogP contribution in [0.2, 0.25) is 0 Å². The third kappa shape index (κ3) is 5.03. The lowest BCUT2D eigenvalue weighted by Crippen LogP contribution is -2.27. The number of aliphatic hydroxyl groups excluding tert-OH is 1. The van der Waals surface area contributed by atoms with Crippen molar-refractivity contribution in [2.45, 2.75) is 12.2 Å². The number of carbonyl (C=O) groups excluding carboxylic acids is 2. The number of benzene rings is 2. The fourth-order valence-electron chi connectivity index (χ4n) is 2.75. The largest absolute Gasteiger partial charge is 0.459 e. The lowest BCUT2D eigenvalue weighted by Gasteiger charge is -2.16. The molecule has 3 atom stereocenters. The van der Waals surface area contributed by atoms with Gasteiger partial charge in [0, 0.05) is 5.92 Å². The highest BCUT2D eigenvalue weighted by Crippen LogP contribution is 2.24. The van der Waals surface area contributed by atoms with Crippen LogP contribution in [-0.2, 0) is 14.2 Å². The van der Waals surface area contributed by atoms with Gasteiger partial charge in [0.25, 0.3) is 0 Å². The third-order valence-electron chi connectivity index (χ3n) is 4.23. The van der Waals surface area contributed by atoms with Crippen LogP contribution in [0.25, 0.3) is 0 Å². The minimum absolute atomic E-state index is 0.00751. The standard InChI is InChI=1S/C21H20O6/c22-18-13-26-19(14-27-21(24)16-9-5-2-6-10-16)17(18)11-12-25-20(23)15-7-3-1-4-8-15/h1-12,17-19,22H,13-14H2/b12-11+/t17?,18-,19+/m0/s1. The molecule has 1 heterocycles. The zero-order valence-corrected chi connectivity index (χ0v) is 14.6. The highest BCUT2D eigenvalue weighted by molar-refractivity contribution is 5.90. The molecule has 0 radical (unpaired) electrons. The van der Waals surface area contributed by atoms with Crippen molar-refractivity contribution in [2.24, 2.45) is 5.92 Å². The van der Waals surface area contributed by atoms with Crippen molar-refractivity contribution in [1.29, 1.82) is 0 Å². The molecule has 27 heavy (non-hydrogen) atoms. The average molecular weight is 368 g/mol. The number of carbonyl (C=O) groups is 2. The quantitative estimate of drug-likeness (QED) is 0.623. The van der Waals surface area contributed by atoms with Crippen LogP contribution in [0.3, 0.4) is 0 Å². The molecule has 1 aliphatic heterocycles. The van der Waals surface area contributed by atoms with Gasteiger partial charge in [-0.2, -0.15) is 0 Å². The van der Waals surface area contributed by atoms with Crippen LogP contribution in [0.1, 0.15) is 20.7 Å². The van der Waals surface area contributed by atoms with E-state index in [1.165, 1.54) is 6.26 Å². The lowest BCUT2D eigenvalue weighted by molar-refractivity contribution is 0.00994. The normalized spacial score (nSPS) is 21.9.